The summed E-state index contributed by atoms with van der Waals surface area (Å²) in [4.78, 5) is 36.7. The van der Waals surface area contributed by atoms with Gasteiger partial charge in [0.2, 0.25) is 0 Å². The number of nitrogens with two attached hydrogens (primary N) is 1. The van der Waals surface area contributed by atoms with Crippen LogP contribution in [0.15, 0.2) is 18.3 Å². The summed E-state index contributed by atoms with van der Waals surface area (Å²) in [6.45, 7) is 13.6. The number of carbonyl (C=O) groups is 3. The minimum atomic E-state index is -0.682. The molecule has 2 aromatic heterocycles. The topological polar surface area (TPSA) is 137 Å². The van der Waals surface area contributed by atoms with Crippen LogP contribution in [0.4, 0.5) is 10.5 Å². The highest BCUT2D eigenvalue weighted by Crippen LogP contribution is 2.47. The van der Waals surface area contributed by atoms with Crippen LogP contribution in [0, 0.1) is 5.41 Å². The number of anilines is 1. The van der Waals surface area contributed by atoms with Crippen molar-refractivity contribution < 1.29 is 23.9 Å². The van der Waals surface area contributed by atoms with Crippen LogP contribution >= 0.6 is 0 Å². The maximum atomic E-state index is 12.5. The van der Waals surface area contributed by atoms with Crippen LogP contribution in [-0.2, 0) is 9.47 Å². The molecule has 1 aliphatic rings. The first-order valence-electron chi connectivity index (χ1n) is 11.4. The molecule has 0 saturated heterocycles. The van der Waals surface area contributed by atoms with Gasteiger partial charge in [-0.05, 0) is 59.6 Å². The number of hydrogen-bond acceptors (Lipinski definition) is 7. The average Bonchev–Trinajstić information content (AvgIpc) is 3.21. The third-order valence-corrected chi connectivity index (χ3v) is 6.67. The van der Waals surface area contributed by atoms with Crippen molar-refractivity contribution >= 4 is 29.2 Å². The Kier molecular flexibility index (Phi) is 6.56. The van der Waals surface area contributed by atoms with Crippen LogP contribution in [-0.4, -0.2) is 51.4 Å². The lowest BCUT2D eigenvalue weighted by molar-refractivity contribution is 0.0381. The van der Waals surface area contributed by atoms with Crippen LogP contribution in [0.1, 0.15) is 82.2 Å². The molecular weight excluding hydrogens is 438 g/mol. The molecule has 3 rings (SSSR count). The quantitative estimate of drug-likeness (QED) is 0.546. The van der Waals surface area contributed by atoms with Crippen molar-refractivity contribution in [2.24, 2.45) is 11.1 Å². The van der Waals surface area contributed by atoms with Gasteiger partial charge in [-0.15, -0.1) is 0 Å². The number of ether oxygens (including phenoxy) is 2. The Labute approximate surface area is 199 Å². The SMILES string of the molecule is CCOC(=O)c1cc2c(N[C@@H]3CC[C@](C)(NC(=O)OC(C)(C)C)C3(C)C)cc(C(N)=O)nn2c1. The molecule has 186 valence electrons. The standard InChI is InChI=1S/C24H35N5O5/c1-8-33-20(31)14-11-17-15(12-16(19(25)30)28-29(17)13-14)26-18-9-10-24(7,23(18,5)6)27-21(32)34-22(2,3)4/h11-13,18,26H,8-10H2,1-7H3,(H2,25,30)(H,27,32)/t18-,24+/m1/s1. The molecule has 2 atom stereocenters. The molecule has 10 nitrogen and oxygen atoms in total. The van der Waals surface area contributed by atoms with E-state index in [1.165, 1.54) is 10.7 Å². The van der Waals surface area contributed by atoms with Crippen molar-refractivity contribution in [2.45, 2.75) is 78.5 Å². The highest BCUT2D eigenvalue weighted by Gasteiger charge is 2.53. The number of hydrogen-bond donors (Lipinski definition) is 3. The maximum absolute atomic E-state index is 12.5. The smallest absolute Gasteiger partial charge is 0.408 e. The number of fused-ring (bicyclic) bond motifs is 1. The largest absolute Gasteiger partial charge is 0.462 e. The van der Waals surface area contributed by atoms with Crippen LogP contribution in [0.3, 0.4) is 0 Å². The van der Waals surface area contributed by atoms with E-state index in [2.05, 4.69) is 29.6 Å². The molecule has 10 heteroatoms. The van der Waals surface area contributed by atoms with Crippen LogP contribution < -0.4 is 16.4 Å². The maximum Gasteiger partial charge on any atom is 0.408 e. The van der Waals surface area contributed by atoms with Crippen LogP contribution in [0.5, 0.6) is 0 Å². The Morgan fingerprint density at radius 2 is 1.91 bits per heavy atom. The monoisotopic (exact) mass is 473 g/mol. The van der Waals surface area contributed by atoms with E-state index in [9.17, 15) is 14.4 Å². The number of alkyl carbamates (subject to hydrolysis) is 1. The van der Waals surface area contributed by atoms with E-state index >= 15 is 0 Å². The Balaban J connectivity index is 1.93. The molecule has 0 aromatic carbocycles. The third kappa shape index (κ3) is 4.95. The normalized spacial score (nSPS) is 21.8. The fourth-order valence-electron chi connectivity index (χ4n) is 4.35. The van der Waals surface area contributed by atoms with Gasteiger partial charge in [0.25, 0.3) is 5.91 Å². The molecule has 0 bridgehead atoms. The van der Waals surface area contributed by atoms with E-state index in [4.69, 9.17) is 15.2 Å². The lowest BCUT2D eigenvalue weighted by Crippen LogP contribution is -2.57. The number of amides is 2. The third-order valence-electron chi connectivity index (χ3n) is 6.67. The van der Waals surface area contributed by atoms with Crippen molar-refractivity contribution in [3.05, 3.63) is 29.6 Å². The zero-order valence-corrected chi connectivity index (χ0v) is 20.9. The van der Waals surface area contributed by atoms with E-state index in [1.807, 2.05) is 27.7 Å². The average molecular weight is 474 g/mol. The molecular formula is C24H35N5O5. The van der Waals surface area contributed by atoms with Gasteiger partial charge in [-0.25, -0.2) is 14.1 Å². The Morgan fingerprint density at radius 3 is 2.50 bits per heavy atom. The fourth-order valence-corrected chi connectivity index (χ4v) is 4.35. The molecule has 2 heterocycles. The number of esters is 1. The molecule has 2 aromatic rings. The lowest BCUT2D eigenvalue weighted by Gasteiger charge is -2.42. The zero-order chi connectivity index (χ0) is 25.5. The molecule has 0 radical (unpaired) electrons. The Bertz CT molecular complexity index is 1120. The van der Waals surface area contributed by atoms with Gasteiger partial charge in [0.1, 0.15) is 5.60 Å². The first-order chi connectivity index (χ1) is 15.7. The van der Waals surface area contributed by atoms with Crippen molar-refractivity contribution in [1.82, 2.24) is 14.9 Å². The predicted molar refractivity (Wildman–Crippen MR) is 128 cm³/mol. The minimum Gasteiger partial charge on any atom is -0.462 e. The summed E-state index contributed by atoms with van der Waals surface area (Å²) in [5.74, 6) is -1.16. The van der Waals surface area contributed by atoms with Gasteiger partial charge in [0, 0.05) is 23.2 Å². The summed E-state index contributed by atoms with van der Waals surface area (Å²) in [6, 6.07) is 3.18. The number of carbonyl (C=O) groups excluding carboxylic acids is 3. The summed E-state index contributed by atoms with van der Waals surface area (Å²) >= 11 is 0. The molecule has 2 amide bonds. The number of aromatic nitrogens is 2. The van der Waals surface area contributed by atoms with E-state index in [0.29, 0.717) is 16.8 Å². The van der Waals surface area contributed by atoms with Crippen molar-refractivity contribution in [3.63, 3.8) is 0 Å². The summed E-state index contributed by atoms with van der Waals surface area (Å²) < 4.78 is 12.0. The highest BCUT2D eigenvalue weighted by molar-refractivity contribution is 5.95. The zero-order valence-electron chi connectivity index (χ0n) is 20.9. The molecule has 1 saturated carbocycles. The Morgan fingerprint density at radius 1 is 1.24 bits per heavy atom. The highest BCUT2D eigenvalue weighted by atomic mass is 16.6. The fraction of sp³-hybridized carbons (Fsp3) is 0.583. The molecule has 0 aliphatic heterocycles. The minimum absolute atomic E-state index is 0.0615. The van der Waals surface area contributed by atoms with Gasteiger partial charge in [-0.1, -0.05) is 13.8 Å². The van der Waals surface area contributed by atoms with Crippen LogP contribution in [0.2, 0.25) is 0 Å². The van der Waals surface area contributed by atoms with Gasteiger partial charge in [-0.3, -0.25) is 4.79 Å². The molecule has 34 heavy (non-hydrogen) atoms. The number of nitrogens with one attached hydrogen (secondary N) is 2. The Hall–Kier alpha value is -3.30. The second-order valence-corrected chi connectivity index (χ2v) is 10.5. The van der Waals surface area contributed by atoms with Crippen LogP contribution in [0.25, 0.3) is 5.52 Å². The van der Waals surface area contributed by atoms with E-state index in [-0.39, 0.29) is 18.3 Å². The van der Waals surface area contributed by atoms with Gasteiger partial charge >= 0.3 is 12.1 Å². The van der Waals surface area contributed by atoms with Gasteiger partial charge in [-0.2, -0.15) is 5.10 Å². The molecule has 0 unspecified atom stereocenters. The molecule has 4 N–H and O–H groups in total. The predicted octanol–water partition coefficient (Wildman–Crippen LogP) is 3.49. The van der Waals surface area contributed by atoms with Crippen molar-refractivity contribution in [2.75, 3.05) is 11.9 Å². The van der Waals surface area contributed by atoms with Gasteiger partial charge in [0.15, 0.2) is 5.69 Å². The van der Waals surface area contributed by atoms with E-state index < -0.39 is 34.5 Å². The summed E-state index contributed by atoms with van der Waals surface area (Å²) in [6.07, 6.45) is 2.52. The molecule has 0 spiro atoms. The van der Waals surface area contributed by atoms with Gasteiger partial charge < -0.3 is 25.8 Å². The summed E-state index contributed by atoms with van der Waals surface area (Å²) in [7, 11) is 0. The van der Waals surface area contributed by atoms with E-state index in [1.54, 1.807) is 19.1 Å². The summed E-state index contributed by atoms with van der Waals surface area (Å²) in [5.41, 5.74) is 5.57. The first-order valence-corrected chi connectivity index (χ1v) is 11.4. The number of primary amides is 1. The summed E-state index contributed by atoms with van der Waals surface area (Å²) in [5, 5.41) is 10.8. The molecule has 1 fully saturated rings. The first kappa shape index (κ1) is 25.3. The second-order valence-electron chi connectivity index (χ2n) is 10.5. The number of nitrogens with zero attached hydrogens (tertiary/aromatic N) is 2. The second kappa shape index (κ2) is 8.81. The van der Waals surface area contributed by atoms with Crippen molar-refractivity contribution in [3.8, 4) is 0 Å². The van der Waals surface area contributed by atoms with Gasteiger partial charge in [0.05, 0.1) is 23.4 Å². The molecule has 1 aliphatic carbocycles. The number of rotatable bonds is 6. The van der Waals surface area contributed by atoms with Crippen molar-refractivity contribution in [1.29, 1.82) is 0 Å². The van der Waals surface area contributed by atoms with E-state index in [0.717, 1.165) is 12.8 Å². The lowest BCUT2D eigenvalue weighted by atomic mass is 9.74.